The first kappa shape index (κ1) is 10.3. The molecule has 84 valence electrons. The highest BCUT2D eigenvalue weighted by atomic mass is 16.7. The lowest BCUT2D eigenvalue weighted by molar-refractivity contribution is -0.528. The van der Waals surface area contributed by atoms with Crippen molar-refractivity contribution in [3.05, 3.63) is 11.9 Å². The van der Waals surface area contributed by atoms with E-state index in [-0.39, 0.29) is 10.1 Å². The van der Waals surface area contributed by atoms with E-state index in [9.17, 15) is 10.3 Å². The lowest BCUT2D eigenvalue weighted by Gasteiger charge is -2.46. The zero-order valence-electron chi connectivity index (χ0n) is 7.13. The van der Waals surface area contributed by atoms with Gasteiger partial charge < -0.3 is 20.5 Å². The SMILES string of the molecule is ON1C=C2N=CN(O)C2(O)N(O)C1(O)O. The summed E-state index contributed by atoms with van der Waals surface area (Å²) in [5, 5.41) is 54.8. The molecule has 1 atom stereocenters. The van der Waals surface area contributed by atoms with E-state index < -0.39 is 22.6 Å². The van der Waals surface area contributed by atoms with E-state index in [1.807, 2.05) is 0 Å². The Morgan fingerprint density at radius 2 is 1.67 bits per heavy atom. The summed E-state index contributed by atoms with van der Waals surface area (Å²) in [5.74, 6) is -2.66. The fourth-order valence-corrected chi connectivity index (χ4v) is 1.24. The molecule has 2 aliphatic rings. The van der Waals surface area contributed by atoms with Crippen LogP contribution < -0.4 is 0 Å². The number of nitrogens with zero attached hydrogens (tertiary/aromatic N) is 4. The Balaban J connectivity index is 2.53. The minimum absolute atomic E-state index is 0.0347. The molecular formula is C5H8N4O6. The van der Waals surface area contributed by atoms with E-state index in [0.29, 0.717) is 12.5 Å². The maximum Gasteiger partial charge on any atom is 0.364 e. The minimum Gasteiger partial charge on any atom is -0.350 e. The van der Waals surface area contributed by atoms with Crippen molar-refractivity contribution < 1.29 is 30.9 Å². The molecule has 6 N–H and O–H groups in total. The molecule has 0 bridgehead atoms. The van der Waals surface area contributed by atoms with Crippen LogP contribution >= 0.6 is 0 Å². The van der Waals surface area contributed by atoms with Crippen molar-refractivity contribution >= 4 is 6.34 Å². The van der Waals surface area contributed by atoms with Crippen LogP contribution in [-0.2, 0) is 0 Å². The van der Waals surface area contributed by atoms with Crippen LogP contribution in [-0.4, -0.2) is 64.4 Å². The number of hydrogen-bond acceptors (Lipinski definition) is 10. The van der Waals surface area contributed by atoms with E-state index in [1.165, 1.54) is 0 Å². The van der Waals surface area contributed by atoms with Crippen LogP contribution in [0.5, 0.6) is 0 Å². The molecule has 0 aliphatic carbocycles. The van der Waals surface area contributed by atoms with Gasteiger partial charge in [0.15, 0.2) is 0 Å². The Labute approximate surface area is 82.3 Å². The summed E-state index contributed by atoms with van der Waals surface area (Å²) >= 11 is 0. The molecule has 2 aliphatic heterocycles. The number of hydrogen-bond donors (Lipinski definition) is 6. The molecule has 10 heteroatoms. The summed E-state index contributed by atoms with van der Waals surface area (Å²) in [6, 6.07) is -3.30. The van der Waals surface area contributed by atoms with E-state index in [4.69, 9.17) is 20.6 Å². The molecule has 0 radical (unpaired) electrons. The van der Waals surface area contributed by atoms with Gasteiger partial charge >= 0.3 is 6.03 Å². The Hall–Kier alpha value is -1.27. The third-order valence-electron chi connectivity index (χ3n) is 2.10. The molecule has 0 saturated carbocycles. The van der Waals surface area contributed by atoms with Crippen LogP contribution in [0.15, 0.2) is 16.9 Å². The van der Waals surface area contributed by atoms with Crippen LogP contribution in [0.3, 0.4) is 0 Å². The van der Waals surface area contributed by atoms with Gasteiger partial charge in [-0.1, -0.05) is 5.06 Å². The van der Waals surface area contributed by atoms with Crippen LogP contribution in [0.25, 0.3) is 0 Å². The highest BCUT2D eigenvalue weighted by Gasteiger charge is 2.60. The van der Waals surface area contributed by atoms with Crippen LogP contribution in [0.2, 0.25) is 0 Å². The number of rotatable bonds is 0. The molecular weight excluding hydrogens is 212 g/mol. The summed E-state index contributed by atoms with van der Waals surface area (Å²) in [7, 11) is 0. The zero-order valence-corrected chi connectivity index (χ0v) is 7.13. The maximum atomic E-state index is 9.70. The van der Waals surface area contributed by atoms with E-state index in [2.05, 4.69) is 4.99 Å². The van der Waals surface area contributed by atoms with E-state index in [0.717, 1.165) is 0 Å². The quantitative estimate of drug-likeness (QED) is 0.238. The number of fused-ring (bicyclic) bond motifs is 1. The first-order valence-electron chi connectivity index (χ1n) is 3.70. The maximum absolute atomic E-state index is 9.70. The Morgan fingerprint density at radius 1 is 1.07 bits per heavy atom. The topological polar surface area (TPSA) is 143 Å². The van der Waals surface area contributed by atoms with Gasteiger partial charge in [0.05, 0.1) is 6.20 Å². The summed E-state index contributed by atoms with van der Waals surface area (Å²) in [6.07, 6.45) is 1.34. The molecule has 0 aromatic carbocycles. The second kappa shape index (κ2) is 2.65. The second-order valence-corrected chi connectivity index (χ2v) is 3.00. The number of aliphatic hydroxyl groups is 3. The smallest absolute Gasteiger partial charge is 0.350 e. The van der Waals surface area contributed by atoms with Crippen LogP contribution in [0.1, 0.15) is 0 Å². The first-order chi connectivity index (χ1) is 6.81. The Bertz CT molecular complexity index is 355. The first-order valence-corrected chi connectivity index (χ1v) is 3.70. The highest BCUT2D eigenvalue weighted by molar-refractivity contribution is 5.62. The number of aliphatic imine (C=N–C) groups is 1. The van der Waals surface area contributed by atoms with Crippen molar-refractivity contribution in [2.45, 2.75) is 11.9 Å². The monoisotopic (exact) mass is 220 g/mol. The Morgan fingerprint density at radius 3 is 2.27 bits per heavy atom. The number of hydroxylamine groups is 6. The van der Waals surface area contributed by atoms with Gasteiger partial charge in [-0.2, -0.15) is 10.1 Å². The van der Waals surface area contributed by atoms with Gasteiger partial charge in [0.25, 0.3) is 5.85 Å². The van der Waals surface area contributed by atoms with Crippen LogP contribution in [0, 0.1) is 0 Å². The average molecular weight is 220 g/mol. The van der Waals surface area contributed by atoms with Crippen molar-refractivity contribution in [1.82, 2.24) is 15.2 Å². The van der Waals surface area contributed by atoms with Gasteiger partial charge in [0.2, 0.25) is 0 Å². The highest BCUT2D eigenvalue weighted by Crippen LogP contribution is 2.37. The van der Waals surface area contributed by atoms with Gasteiger partial charge in [-0.15, -0.1) is 0 Å². The van der Waals surface area contributed by atoms with Crippen molar-refractivity contribution in [2.75, 3.05) is 0 Å². The average Bonchev–Trinajstić information content (AvgIpc) is 2.44. The molecule has 0 aromatic heterocycles. The van der Waals surface area contributed by atoms with Crippen molar-refractivity contribution in [3.63, 3.8) is 0 Å². The van der Waals surface area contributed by atoms with Gasteiger partial charge in [-0.25, -0.2) is 4.99 Å². The largest absolute Gasteiger partial charge is 0.364 e. The predicted octanol–water partition coefficient (Wildman–Crippen LogP) is -2.80. The van der Waals surface area contributed by atoms with Gasteiger partial charge in [-0.3, -0.25) is 10.4 Å². The van der Waals surface area contributed by atoms with Crippen LogP contribution in [0.4, 0.5) is 0 Å². The summed E-state index contributed by atoms with van der Waals surface area (Å²) in [4.78, 5) is 3.41. The van der Waals surface area contributed by atoms with Crippen molar-refractivity contribution in [1.29, 1.82) is 0 Å². The summed E-state index contributed by atoms with van der Waals surface area (Å²) < 4.78 is 0. The molecule has 15 heavy (non-hydrogen) atoms. The second-order valence-electron chi connectivity index (χ2n) is 3.00. The van der Waals surface area contributed by atoms with Gasteiger partial charge in [-0.05, 0) is 0 Å². The molecule has 2 heterocycles. The minimum atomic E-state index is -3.30. The molecule has 1 unspecified atom stereocenters. The zero-order chi connectivity index (χ0) is 11.4. The fourth-order valence-electron chi connectivity index (χ4n) is 1.24. The van der Waals surface area contributed by atoms with Crippen molar-refractivity contribution in [3.8, 4) is 0 Å². The molecule has 0 saturated heterocycles. The summed E-state index contributed by atoms with van der Waals surface area (Å²) in [5.41, 5.74) is -0.409. The third-order valence-corrected chi connectivity index (χ3v) is 2.10. The standard InChI is InChI=1S/C5H8N4O6/c10-4-3(6-2-8(4)14)1-7(13)5(11,12)9(4)15/h1-2,10-15H. The predicted molar refractivity (Wildman–Crippen MR) is 39.6 cm³/mol. The lowest BCUT2D eigenvalue weighted by Crippen LogP contribution is -2.71. The molecule has 0 amide bonds. The molecule has 2 rings (SSSR count). The van der Waals surface area contributed by atoms with E-state index in [1.54, 1.807) is 0 Å². The third kappa shape index (κ3) is 1.03. The fraction of sp³-hybridized carbons (Fsp3) is 0.400. The van der Waals surface area contributed by atoms with Gasteiger partial charge in [0.1, 0.15) is 12.0 Å². The molecule has 0 spiro atoms. The van der Waals surface area contributed by atoms with E-state index >= 15 is 0 Å². The summed E-state index contributed by atoms with van der Waals surface area (Å²) in [6.45, 7) is 0. The lowest BCUT2D eigenvalue weighted by atomic mass is 10.2. The molecule has 0 fully saturated rings. The van der Waals surface area contributed by atoms with Crippen molar-refractivity contribution in [2.24, 2.45) is 4.99 Å². The van der Waals surface area contributed by atoms with Gasteiger partial charge in [0, 0.05) is 0 Å². The normalized spacial score (nSPS) is 34.4. The molecule has 0 aromatic rings. The Kier molecular flexibility index (Phi) is 1.81. The molecule has 10 nitrogen and oxygen atoms in total.